The number of hydrogen-bond donors (Lipinski definition) is 1. The van der Waals surface area contributed by atoms with Gasteiger partial charge in [-0.05, 0) is 33.6 Å². The molecule has 1 aromatic heterocycles. The minimum absolute atomic E-state index is 0.00839. The fraction of sp³-hybridized carbons (Fsp3) is 0.750. The van der Waals surface area contributed by atoms with Gasteiger partial charge in [-0.15, -0.1) is 0 Å². The first-order chi connectivity index (χ1) is 8.56. The molecule has 0 bridgehead atoms. The first-order valence-electron chi connectivity index (χ1n) is 6.42. The molecule has 100 valence electrons. The summed E-state index contributed by atoms with van der Waals surface area (Å²) in [4.78, 5) is 18.0. The van der Waals surface area contributed by atoms with Crippen molar-refractivity contribution in [3.8, 4) is 0 Å². The van der Waals surface area contributed by atoms with Gasteiger partial charge in [0.1, 0.15) is 0 Å². The van der Waals surface area contributed by atoms with E-state index in [1.54, 1.807) is 6.92 Å². The van der Waals surface area contributed by atoms with Crippen molar-refractivity contribution in [2.45, 2.75) is 45.6 Å². The van der Waals surface area contributed by atoms with Gasteiger partial charge in [-0.25, -0.2) is 4.79 Å². The fourth-order valence-electron chi connectivity index (χ4n) is 2.18. The van der Waals surface area contributed by atoms with E-state index in [2.05, 4.69) is 15.5 Å². The zero-order chi connectivity index (χ0) is 13.1. The van der Waals surface area contributed by atoms with Crippen molar-refractivity contribution in [2.75, 3.05) is 13.1 Å². The van der Waals surface area contributed by atoms with Crippen LogP contribution in [0.25, 0.3) is 0 Å². The van der Waals surface area contributed by atoms with Gasteiger partial charge in [0.15, 0.2) is 5.82 Å². The van der Waals surface area contributed by atoms with Crippen LogP contribution in [-0.4, -0.2) is 40.2 Å². The second-order valence-electron chi connectivity index (χ2n) is 5.07. The molecular weight excluding hydrogens is 232 g/mol. The Morgan fingerprint density at radius 2 is 2.33 bits per heavy atom. The molecular formula is C12H20N4O2. The molecule has 1 N–H and O–H groups in total. The Bertz CT molecular complexity index is 416. The lowest BCUT2D eigenvalue weighted by molar-refractivity contribution is 0.170. The lowest BCUT2D eigenvalue weighted by atomic mass is 9.98. The van der Waals surface area contributed by atoms with Gasteiger partial charge in [0.25, 0.3) is 0 Å². The molecule has 18 heavy (non-hydrogen) atoms. The highest BCUT2D eigenvalue weighted by molar-refractivity contribution is 5.74. The standard InChI is InChI=1S/C12H20N4O2/c1-8(2)13-12(17)16-6-4-5-10(7-16)11-14-9(3)15-18-11/h8,10H,4-7H2,1-3H3,(H,13,17). The van der Waals surface area contributed by atoms with Gasteiger partial charge in [0.2, 0.25) is 5.89 Å². The van der Waals surface area contributed by atoms with Crippen molar-refractivity contribution < 1.29 is 9.32 Å². The molecule has 1 aromatic rings. The quantitative estimate of drug-likeness (QED) is 0.869. The molecule has 6 heteroatoms. The average Bonchev–Trinajstić information content (AvgIpc) is 2.75. The Kier molecular flexibility index (Phi) is 3.84. The van der Waals surface area contributed by atoms with Crippen LogP contribution in [0.3, 0.4) is 0 Å². The highest BCUT2D eigenvalue weighted by atomic mass is 16.5. The summed E-state index contributed by atoms with van der Waals surface area (Å²) in [5, 5.41) is 6.71. The topological polar surface area (TPSA) is 71.3 Å². The Morgan fingerprint density at radius 3 is 2.94 bits per heavy atom. The number of nitrogens with one attached hydrogen (secondary N) is 1. The highest BCUT2D eigenvalue weighted by Gasteiger charge is 2.28. The Balaban J connectivity index is 1.98. The summed E-state index contributed by atoms with van der Waals surface area (Å²) >= 11 is 0. The van der Waals surface area contributed by atoms with Gasteiger partial charge >= 0.3 is 6.03 Å². The van der Waals surface area contributed by atoms with Crippen molar-refractivity contribution in [2.24, 2.45) is 0 Å². The van der Waals surface area contributed by atoms with Crippen molar-refractivity contribution in [3.05, 3.63) is 11.7 Å². The van der Waals surface area contributed by atoms with Crippen molar-refractivity contribution in [1.82, 2.24) is 20.4 Å². The summed E-state index contributed by atoms with van der Waals surface area (Å²) in [6.07, 6.45) is 1.96. The number of carbonyl (C=O) groups excluding carboxylic acids is 1. The molecule has 1 unspecified atom stereocenters. The smallest absolute Gasteiger partial charge is 0.317 e. The number of aromatic nitrogens is 2. The molecule has 0 spiro atoms. The van der Waals surface area contributed by atoms with Gasteiger partial charge in [-0.2, -0.15) is 4.98 Å². The fourth-order valence-corrected chi connectivity index (χ4v) is 2.18. The highest BCUT2D eigenvalue weighted by Crippen LogP contribution is 2.25. The number of likely N-dealkylation sites (tertiary alicyclic amines) is 1. The number of rotatable bonds is 2. The molecule has 0 aromatic carbocycles. The molecule has 1 atom stereocenters. The molecule has 0 aliphatic carbocycles. The number of amides is 2. The second-order valence-corrected chi connectivity index (χ2v) is 5.07. The first-order valence-corrected chi connectivity index (χ1v) is 6.42. The van der Waals surface area contributed by atoms with Gasteiger partial charge in [-0.3, -0.25) is 0 Å². The number of nitrogens with zero attached hydrogens (tertiary/aromatic N) is 3. The molecule has 2 rings (SSSR count). The number of piperidine rings is 1. The largest absolute Gasteiger partial charge is 0.339 e. The molecule has 1 aliphatic heterocycles. The maximum absolute atomic E-state index is 11.9. The molecule has 2 heterocycles. The van der Waals surface area contributed by atoms with E-state index < -0.39 is 0 Å². The summed E-state index contributed by atoms with van der Waals surface area (Å²) in [5.41, 5.74) is 0. The van der Waals surface area contributed by atoms with E-state index in [0.717, 1.165) is 19.4 Å². The van der Waals surface area contributed by atoms with Crippen LogP contribution in [-0.2, 0) is 0 Å². The SMILES string of the molecule is Cc1noc(C2CCCN(C(=O)NC(C)C)C2)n1. The molecule has 6 nitrogen and oxygen atoms in total. The minimum Gasteiger partial charge on any atom is -0.339 e. The third-order valence-electron chi connectivity index (χ3n) is 3.01. The van der Waals surface area contributed by atoms with E-state index in [1.165, 1.54) is 0 Å². The Labute approximate surface area is 107 Å². The number of urea groups is 1. The summed E-state index contributed by atoms with van der Waals surface area (Å²) < 4.78 is 5.19. The lowest BCUT2D eigenvalue weighted by Crippen LogP contribution is -2.47. The van der Waals surface area contributed by atoms with Crippen LogP contribution in [0.4, 0.5) is 4.79 Å². The normalized spacial score (nSPS) is 20.2. The average molecular weight is 252 g/mol. The van der Waals surface area contributed by atoms with Crippen LogP contribution in [0.15, 0.2) is 4.52 Å². The summed E-state index contributed by atoms with van der Waals surface area (Å²) in [5.74, 6) is 1.46. The van der Waals surface area contributed by atoms with Crippen molar-refractivity contribution in [3.63, 3.8) is 0 Å². The molecule has 1 aliphatic rings. The maximum Gasteiger partial charge on any atom is 0.317 e. The van der Waals surface area contributed by atoms with E-state index in [-0.39, 0.29) is 18.0 Å². The molecule has 1 fully saturated rings. The monoisotopic (exact) mass is 252 g/mol. The Hall–Kier alpha value is -1.59. The maximum atomic E-state index is 11.9. The van der Waals surface area contributed by atoms with Crippen LogP contribution in [0.5, 0.6) is 0 Å². The summed E-state index contributed by atoms with van der Waals surface area (Å²) in [6, 6.07) is 0.148. The molecule has 0 radical (unpaired) electrons. The first kappa shape index (κ1) is 12.9. The van der Waals surface area contributed by atoms with Crippen LogP contribution < -0.4 is 5.32 Å². The number of aryl methyl sites for hydroxylation is 1. The van der Waals surface area contributed by atoms with Crippen LogP contribution >= 0.6 is 0 Å². The van der Waals surface area contributed by atoms with Crippen LogP contribution in [0.1, 0.15) is 44.3 Å². The van der Waals surface area contributed by atoms with Gasteiger partial charge in [-0.1, -0.05) is 5.16 Å². The number of hydrogen-bond acceptors (Lipinski definition) is 4. The third kappa shape index (κ3) is 3.00. The third-order valence-corrected chi connectivity index (χ3v) is 3.01. The Morgan fingerprint density at radius 1 is 1.56 bits per heavy atom. The lowest BCUT2D eigenvalue weighted by Gasteiger charge is -2.31. The van der Waals surface area contributed by atoms with Crippen LogP contribution in [0.2, 0.25) is 0 Å². The molecule has 0 saturated carbocycles. The van der Waals surface area contributed by atoms with Crippen LogP contribution in [0, 0.1) is 6.92 Å². The van der Waals surface area contributed by atoms with Gasteiger partial charge in [0, 0.05) is 19.1 Å². The van der Waals surface area contributed by atoms with E-state index in [0.29, 0.717) is 18.3 Å². The minimum atomic E-state index is -0.00839. The predicted octanol–water partition coefficient (Wildman–Crippen LogP) is 1.68. The van der Waals surface area contributed by atoms with Gasteiger partial charge in [0.05, 0.1) is 5.92 Å². The summed E-state index contributed by atoms with van der Waals surface area (Å²) in [7, 11) is 0. The van der Waals surface area contributed by atoms with Gasteiger partial charge < -0.3 is 14.7 Å². The van der Waals surface area contributed by atoms with E-state index in [4.69, 9.17) is 4.52 Å². The van der Waals surface area contributed by atoms with Crippen molar-refractivity contribution >= 4 is 6.03 Å². The second kappa shape index (κ2) is 5.37. The van der Waals surface area contributed by atoms with E-state index in [9.17, 15) is 4.79 Å². The molecule has 1 saturated heterocycles. The zero-order valence-electron chi connectivity index (χ0n) is 11.1. The predicted molar refractivity (Wildman–Crippen MR) is 66.3 cm³/mol. The summed E-state index contributed by atoms with van der Waals surface area (Å²) in [6.45, 7) is 7.17. The van der Waals surface area contributed by atoms with E-state index in [1.807, 2.05) is 18.7 Å². The zero-order valence-corrected chi connectivity index (χ0v) is 11.1. The van der Waals surface area contributed by atoms with E-state index >= 15 is 0 Å². The van der Waals surface area contributed by atoms with Crippen molar-refractivity contribution in [1.29, 1.82) is 0 Å². The number of carbonyl (C=O) groups is 1. The molecule has 2 amide bonds.